The standard InChI is InChI=1S/3C29H28FN3O5/c3*1-17(34)31-28(36)29(2,3)24-20-5-4-6-22(30)25(20)38-26-21(24)11-12-23(32-26)18-7-9-19(10-8-18)27(35)33-13-15-37-16-14-33/h3*4-12,24H,13-16H2,1-3H3,(H,31,34,36). The summed E-state index contributed by atoms with van der Waals surface area (Å²) in [7, 11) is 0. The molecule has 9 aromatic rings. The molecule has 0 saturated carbocycles. The Balaban J connectivity index is 0.000000149. The average Bonchev–Trinajstić information content (AvgIpc) is 0.746. The highest BCUT2D eigenvalue weighted by atomic mass is 19.1. The van der Waals surface area contributed by atoms with E-state index in [2.05, 4.69) is 30.9 Å². The second-order valence-corrected chi connectivity index (χ2v) is 30.0. The molecular formula is C87H84F3N9O15. The number of imide groups is 3. The zero-order valence-corrected chi connectivity index (χ0v) is 64.2. The number of rotatable bonds is 12. The highest BCUT2D eigenvalue weighted by molar-refractivity contribution is 6.00. The van der Waals surface area contributed by atoms with Crippen LogP contribution in [0, 0.1) is 33.7 Å². The molecule has 24 nitrogen and oxygen atoms in total. The summed E-state index contributed by atoms with van der Waals surface area (Å²) < 4.78 is 78.4. The maximum absolute atomic E-state index is 14.9. The quantitative estimate of drug-likeness (QED) is 0.102. The zero-order chi connectivity index (χ0) is 81.1. The molecule has 3 atom stereocenters. The molecular weight excluding hydrogens is 1470 g/mol. The first kappa shape index (κ1) is 79.7. The first-order valence-corrected chi connectivity index (χ1v) is 37.3. The first-order valence-electron chi connectivity index (χ1n) is 37.3. The van der Waals surface area contributed by atoms with Gasteiger partial charge in [0, 0.05) is 145 Å². The van der Waals surface area contributed by atoms with Crippen LogP contribution in [0.4, 0.5) is 13.2 Å². The van der Waals surface area contributed by atoms with Crippen LogP contribution in [0.15, 0.2) is 164 Å². The lowest BCUT2D eigenvalue weighted by Gasteiger charge is -2.37. The molecule has 0 bridgehead atoms. The maximum Gasteiger partial charge on any atom is 0.254 e. The number of aromatic nitrogens is 3. The maximum atomic E-state index is 14.9. The molecule has 3 saturated heterocycles. The summed E-state index contributed by atoms with van der Waals surface area (Å²) in [6.07, 6.45) is 0. The minimum atomic E-state index is -1.13. The number of fused-ring (bicyclic) bond motifs is 6. The molecule has 3 fully saturated rings. The fourth-order valence-electron chi connectivity index (χ4n) is 15.0. The van der Waals surface area contributed by atoms with Gasteiger partial charge in [-0.05, 0) is 72.8 Å². The van der Waals surface area contributed by atoms with Crippen LogP contribution in [0.5, 0.6) is 34.9 Å². The molecule has 3 N–H and O–H groups in total. The lowest BCUT2D eigenvalue weighted by molar-refractivity contribution is -0.137. The third kappa shape index (κ3) is 16.5. The molecule has 0 aliphatic carbocycles. The van der Waals surface area contributed by atoms with Crippen LogP contribution in [-0.4, -0.2) is 162 Å². The molecule has 0 radical (unpaired) electrons. The Kier molecular flexibility index (Phi) is 23.2. The topological polar surface area (TPSA) is 293 Å². The smallest absolute Gasteiger partial charge is 0.254 e. The number of nitrogens with zero attached hydrogens (tertiary/aromatic N) is 6. The molecule has 0 spiro atoms. The number of halogens is 3. The van der Waals surface area contributed by atoms with Gasteiger partial charge in [-0.1, -0.05) is 133 Å². The van der Waals surface area contributed by atoms with Gasteiger partial charge in [0.15, 0.2) is 34.7 Å². The van der Waals surface area contributed by atoms with Crippen LogP contribution in [0.2, 0.25) is 0 Å². The van der Waals surface area contributed by atoms with E-state index in [1.165, 1.54) is 39.0 Å². The van der Waals surface area contributed by atoms with E-state index in [4.69, 9.17) is 28.4 Å². The van der Waals surface area contributed by atoms with Gasteiger partial charge in [0.05, 0.1) is 73.0 Å². The van der Waals surface area contributed by atoms with Gasteiger partial charge in [-0.2, -0.15) is 0 Å². The van der Waals surface area contributed by atoms with E-state index < -0.39 is 86.9 Å². The van der Waals surface area contributed by atoms with Crippen molar-refractivity contribution >= 4 is 53.2 Å². The highest BCUT2D eigenvalue weighted by Crippen LogP contribution is 2.56. The first-order chi connectivity index (χ1) is 54.5. The number of benzene rings is 6. The molecule has 3 aromatic heterocycles. The van der Waals surface area contributed by atoms with Crippen LogP contribution in [0.25, 0.3) is 33.8 Å². The molecule has 15 rings (SSSR count). The van der Waals surface area contributed by atoms with Crippen LogP contribution < -0.4 is 30.2 Å². The van der Waals surface area contributed by atoms with Crippen molar-refractivity contribution in [2.45, 2.75) is 80.1 Å². The minimum absolute atomic E-state index is 0.00445. The molecule has 3 unspecified atom stereocenters. The number of amides is 9. The molecule has 9 amide bonds. The second kappa shape index (κ2) is 33.2. The fraction of sp³-hybridized carbons (Fsp3) is 0.310. The number of morpholine rings is 3. The van der Waals surface area contributed by atoms with Gasteiger partial charge in [-0.3, -0.25) is 59.1 Å². The van der Waals surface area contributed by atoms with Gasteiger partial charge < -0.3 is 43.1 Å². The van der Waals surface area contributed by atoms with Gasteiger partial charge in [0.2, 0.25) is 53.1 Å². The zero-order valence-electron chi connectivity index (χ0n) is 64.2. The third-order valence-corrected chi connectivity index (χ3v) is 21.1. The number of carbonyl (C=O) groups excluding carboxylic acids is 9. The number of ether oxygens (including phenoxy) is 6. The minimum Gasteiger partial charge on any atom is -0.435 e. The summed E-state index contributed by atoms with van der Waals surface area (Å²) in [5.74, 6) is -6.04. The normalized spacial score (nSPS) is 16.6. The van der Waals surface area contributed by atoms with Crippen molar-refractivity contribution in [3.63, 3.8) is 0 Å². The molecule has 27 heteroatoms. The van der Waals surface area contributed by atoms with Crippen molar-refractivity contribution < 1.29 is 84.7 Å². The fourth-order valence-corrected chi connectivity index (χ4v) is 15.0. The number of pyridine rings is 3. The number of hydrogen-bond acceptors (Lipinski definition) is 18. The highest BCUT2D eigenvalue weighted by Gasteiger charge is 2.49. The Hall–Kier alpha value is -12.3. The average molecular weight is 1550 g/mol. The molecule has 6 aliphatic rings. The van der Waals surface area contributed by atoms with E-state index in [1.54, 1.807) is 147 Å². The SMILES string of the molecule is CC(=O)NC(=O)C(C)(C)C1c2ccc(-c3ccc(C(=O)N4CCOCC4)cc3)nc2Oc2c(F)cccc21.CC(=O)NC(=O)C(C)(C)C1c2ccc(-c3ccc(C(=O)N4CCOCC4)cc3)nc2Oc2c(F)cccc21.CC(=O)NC(=O)C(C)(C)C1c2ccc(-c3ccc(C(=O)N4CCOCC4)cc3)nc2Oc2c(F)cccc21. The van der Waals surface area contributed by atoms with E-state index in [0.717, 1.165) is 16.7 Å². The van der Waals surface area contributed by atoms with E-state index in [1.807, 2.05) is 54.6 Å². The summed E-state index contributed by atoms with van der Waals surface area (Å²) in [5.41, 5.74) is 5.60. The lowest BCUT2D eigenvalue weighted by Crippen LogP contribution is -2.44. The van der Waals surface area contributed by atoms with Crippen LogP contribution in [0.3, 0.4) is 0 Å². The molecule has 114 heavy (non-hydrogen) atoms. The number of carbonyl (C=O) groups is 9. The predicted octanol–water partition coefficient (Wildman–Crippen LogP) is 12.9. The number of para-hydroxylation sites is 3. The Morgan fingerprint density at radius 1 is 0.333 bits per heavy atom. The summed E-state index contributed by atoms with van der Waals surface area (Å²) in [6, 6.07) is 45.9. The van der Waals surface area contributed by atoms with E-state index in [9.17, 15) is 56.3 Å². The van der Waals surface area contributed by atoms with Gasteiger partial charge in [0.25, 0.3) is 17.7 Å². The van der Waals surface area contributed by atoms with E-state index in [-0.39, 0.29) is 52.6 Å². The largest absolute Gasteiger partial charge is 0.435 e. The van der Waals surface area contributed by atoms with Crippen molar-refractivity contribution in [1.82, 2.24) is 45.6 Å². The summed E-state index contributed by atoms with van der Waals surface area (Å²) in [5, 5.41) is 7.08. The summed E-state index contributed by atoms with van der Waals surface area (Å²) in [6.45, 7) is 20.6. The van der Waals surface area contributed by atoms with Crippen LogP contribution in [0.1, 0.15) is 145 Å². The molecule has 9 heterocycles. The molecule has 6 aliphatic heterocycles. The third-order valence-electron chi connectivity index (χ3n) is 21.1. The van der Waals surface area contributed by atoms with Gasteiger partial charge in [0.1, 0.15) is 0 Å². The lowest BCUT2D eigenvalue weighted by atomic mass is 9.69. The monoisotopic (exact) mass is 1550 g/mol. The summed E-state index contributed by atoms with van der Waals surface area (Å²) >= 11 is 0. The van der Waals surface area contributed by atoms with E-state index >= 15 is 0 Å². The van der Waals surface area contributed by atoms with E-state index in [0.29, 0.717) is 146 Å². The Morgan fingerprint density at radius 3 is 0.798 bits per heavy atom. The van der Waals surface area contributed by atoms with Crippen LogP contribution >= 0.6 is 0 Å². The van der Waals surface area contributed by atoms with Gasteiger partial charge >= 0.3 is 0 Å². The number of nitrogens with one attached hydrogen (secondary N) is 3. The van der Waals surface area contributed by atoms with Gasteiger partial charge in [-0.15, -0.1) is 0 Å². The Morgan fingerprint density at radius 2 is 0.570 bits per heavy atom. The van der Waals surface area contributed by atoms with Crippen molar-refractivity contribution in [3.05, 3.63) is 231 Å². The molecule has 588 valence electrons. The van der Waals surface area contributed by atoms with Crippen LogP contribution in [-0.2, 0) is 43.0 Å². The van der Waals surface area contributed by atoms with Gasteiger partial charge in [-0.25, -0.2) is 28.1 Å². The second-order valence-electron chi connectivity index (χ2n) is 30.0. The predicted molar refractivity (Wildman–Crippen MR) is 412 cm³/mol. The van der Waals surface area contributed by atoms with Crippen molar-refractivity contribution in [2.24, 2.45) is 16.2 Å². The van der Waals surface area contributed by atoms with Crippen molar-refractivity contribution in [1.29, 1.82) is 0 Å². The van der Waals surface area contributed by atoms with Crippen molar-refractivity contribution in [2.75, 3.05) is 78.9 Å². The Labute approximate surface area is 655 Å². The molecule has 6 aromatic carbocycles. The Bertz CT molecular complexity index is 4760. The van der Waals surface area contributed by atoms with Crippen molar-refractivity contribution in [3.8, 4) is 68.7 Å². The summed E-state index contributed by atoms with van der Waals surface area (Å²) in [4.78, 5) is 132. The number of hydrogen-bond donors (Lipinski definition) is 3.